The second kappa shape index (κ2) is 6.00. The highest BCUT2D eigenvalue weighted by Crippen LogP contribution is 2.26. The summed E-state index contributed by atoms with van der Waals surface area (Å²) in [5.41, 5.74) is 0.703. The van der Waals surface area contributed by atoms with Gasteiger partial charge in [-0.15, -0.1) is 11.6 Å². The maximum atomic E-state index is 10.9. The van der Waals surface area contributed by atoms with Crippen LogP contribution >= 0.6 is 11.6 Å². The molecule has 0 radical (unpaired) electrons. The molecule has 1 amide bonds. The number of carbonyl (C=O) groups is 1. The zero-order chi connectivity index (χ0) is 12.8. The van der Waals surface area contributed by atoms with Crippen LogP contribution in [0.5, 0.6) is 0 Å². The molecule has 1 N–H and O–H groups in total. The van der Waals surface area contributed by atoms with Crippen molar-refractivity contribution in [2.24, 2.45) is 0 Å². The minimum atomic E-state index is -0.538. The normalized spacial score (nSPS) is 10.5. The number of anilines is 1. The molecule has 0 spiro atoms. The molecule has 0 bridgehead atoms. The first-order valence-corrected chi connectivity index (χ1v) is 5.36. The predicted octanol–water partition coefficient (Wildman–Crippen LogP) is 2.81. The summed E-state index contributed by atoms with van der Waals surface area (Å²) in [6.07, 6.45) is 3.36. The first-order valence-electron chi connectivity index (χ1n) is 4.83. The Morgan fingerprint density at radius 3 is 2.82 bits per heavy atom. The Morgan fingerprint density at radius 2 is 2.29 bits per heavy atom. The standard InChI is InChI=1S/C11H11ClN2O3/c1-8(15)13-10-5-4-9(3-2-6-12)7-11(10)14(16)17/h2-5,7H,6H2,1H3,(H,13,15). The number of allylic oxidation sites excluding steroid dienone is 1. The summed E-state index contributed by atoms with van der Waals surface area (Å²) in [5, 5.41) is 13.2. The lowest BCUT2D eigenvalue weighted by Crippen LogP contribution is -2.08. The summed E-state index contributed by atoms with van der Waals surface area (Å²) in [7, 11) is 0. The second-order valence-electron chi connectivity index (χ2n) is 3.27. The van der Waals surface area contributed by atoms with Crippen molar-refractivity contribution in [3.05, 3.63) is 40.0 Å². The van der Waals surface area contributed by atoms with Gasteiger partial charge in [0.25, 0.3) is 5.69 Å². The average Bonchev–Trinajstić information content (AvgIpc) is 2.26. The predicted molar refractivity (Wildman–Crippen MR) is 67.2 cm³/mol. The molecule has 1 rings (SSSR count). The van der Waals surface area contributed by atoms with Crippen LogP contribution in [0.15, 0.2) is 24.3 Å². The van der Waals surface area contributed by atoms with Gasteiger partial charge in [0.15, 0.2) is 0 Å². The Labute approximate surface area is 103 Å². The number of hydrogen-bond donors (Lipinski definition) is 1. The highest BCUT2D eigenvalue weighted by atomic mass is 35.5. The zero-order valence-corrected chi connectivity index (χ0v) is 9.90. The number of hydrogen-bond acceptors (Lipinski definition) is 3. The lowest BCUT2D eigenvalue weighted by Gasteiger charge is -2.04. The number of benzene rings is 1. The molecule has 17 heavy (non-hydrogen) atoms. The number of alkyl halides is 1. The SMILES string of the molecule is CC(=O)Nc1ccc(C=CCCl)cc1[N+](=O)[O-]. The Kier molecular flexibility index (Phi) is 4.66. The molecule has 1 aromatic rings. The average molecular weight is 255 g/mol. The summed E-state index contributed by atoms with van der Waals surface area (Å²) in [5.74, 6) is -0.0153. The van der Waals surface area contributed by atoms with Crippen molar-refractivity contribution < 1.29 is 9.72 Å². The summed E-state index contributed by atoms with van der Waals surface area (Å²) in [6.45, 7) is 1.30. The summed E-state index contributed by atoms with van der Waals surface area (Å²) < 4.78 is 0. The molecule has 0 aliphatic rings. The summed E-state index contributed by atoms with van der Waals surface area (Å²) in [4.78, 5) is 21.2. The quantitative estimate of drug-likeness (QED) is 0.510. The van der Waals surface area contributed by atoms with E-state index in [1.54, 1.807) is 18.2 Å². The van der Waals surface area contributed by atoms with E-state index in [9.17, 15) is 14.9 Å². The second-order valence-corrected chi connectivity index (χ2v) is 3.58. The molecule has 0 aliphatic heterocycles. The molecular weight excluding hydrogens is 244 g/mol. The number of nitrogens with zero attached hydrogens (tertiary/aromatic N) is 1. The minimum Gasteiger partial charge on any atom is -0.321 e. The Hall–Kier alpha value is -1.88. The van der Waals surface area contributed by atoms with Crippen LogP contribution in [0, 0.1) is 10.1 Å². The number of amides is 1. The number of rotatable bonds is 4. The van der Waals surface area contributed by atoms with Crippen molar-refractivity contribution in [2.75, 3.05) is 11.2 Å². The molecule has 0 saturated heterocycles. The van der Waals surface area contributed by atoms with Gasteiger partial charge >= 0.3 is 0 Å². The van der Waals surface area contributed by atoms with Crippen LogP contribution in [0.4, 0.5) is 11.4 Å². The van der Waals surface area contributed by atoms with Crippen LogP contribution < -0.4 is 5.32 Å². The highest BCUT2D eigenvalue weighted by molar-refractivity contribution is 6.19. The fourth-order valence-electron chi connectivity index (χ4n) is 1.28. The van der Waals surface area contributed by atoms with Crippen LogP contribution in [0.1, 0.15) is 12.5 Å². The van der Waals surface area contributed by atoms with Crippen molar-refractivity contribution in [3.8, 4) is 0 Å². The van der Waals surface area contributed by atoms with Gasteiger partial charge in [0.1, 0.15) is 5.69 Å². The van der Waals surface area contributed by atoms with Gasteiger partial charge in [0.05, 0.1) is 4.92 Å². The number of carbonyl (C=O) groups excluding carboxylic acids is 1. The van der Waals surface area contributed by atoms with Gasteiger partial charge in [-0.2, -0.15) is 0 Å². The fourth-order valence-corrected chi connectivity index (χ4v) is 1.37. The molecule has 0 aromatic heterocycles. The van der Waals surface area contributed by atoms with Gasteiger partial charge in [-0.3, -0.25) is 14.9 Å². The van der Waals surface area contributed by atoms with E-state index >= 15 is 0 Å². The highest BCUT2D eigenvalue weighted by Gasteiger charge is 2.14. The molecular formula is C11H11ClN2O3. The van der Waals surface area contributed by atoms with Crippen LogP contribution in [-0.4, -0.2) is 16.7 Å². The topological polar surface area (TPSA) is 72.2 Å². The van der Waals surface area contributed by atoms with Gasteiger partial charge < -0.3 is 5.32 Å². The van der Waals surface area contributed by atoms with Gasteiger partial charge in [0.2, 0.25) is 5.91 Å². The number of nitro groups is 1. The van der Waals surface area contributed by atoms with Gasteiger partial charge in [-0.1, -0.05) is 18.2 Å². The van der Waals surface area contributed by atoms with Crippen molar-refractivity contribution in [3.63, 3.8) is 0 Å². The molecule has 0 aliphatic carbocycles. The molecule has 90 valence electrons. The lowest BCUT2D eigenvalue weighted by molar-refractivity contribution is -0.383. The third kappa shape index (κ3) is 3.88. The maximum Gasteiger partial charge on any atom is 0.293 e. The lowest BCUT2D eigenvalue weighted by atomic mass is 10.1. The molecule has 0 heterocycles. The van der Waals surface area contributed by atoms with Crippen molar-refractivity contribution >= 4 is 35.0 Å². The van der Waals surface area contributed by atoms with Crippen LogP contribution in [-0.2, 0) is 4.79 Å². The van der Waals surface area contributed by atoms with E-state index in [1.807, 2.05) is 0 Å². The third-order valence-electron chi connectivity index (χ3n) is 1.93. The van der Waals surface area contributed by atoms with Crippen LogP contribution in [0.3, 0.4) is 0 Å². The van der Waals surface area contributed by atoms with E-state index in [4.69, 9.17) is 11.6 Å². The third-order valence-corrected chi connectivity index (χ3v) is 2.11. The van der Waals surface area contributed by atoms with E-state index in [0.29, 0.717) is 11.4 Å². The Bertz CT molecular complexity index is 472. The first kappa shape index (κ1) is 13.2. The summed E-state index contributed by atoms with van der Waals surface area (Å²) in [6, 6.07) is 4.54. The molecule has 0 saturated carbocycles. The monoisotopic (exact) mass is 254 g/mol. The Balaban J connectivity index is 3.12. The molecule has 0 atom stereocenters. The van der Waals surface area contributed by atoms with E-state index < -0.39 is 4.92 Å². The molecule has 6 heteroatoms. The molecule has 1 aromatic carbocycles. The number of nitrogens with one attached hydrogen (secondary N) is 1. The largest absolute Gasteiger partial charge is 0.321 e. The fraction of sp³-hybridized carbons (Fsp3) is 0.182. The summed E-state index contributed by atoms with van der Waals surface area (Å²) >= 11 is 5.48. The van der Waals surface area contributed by atoms with E-state index in [-0.39, 0.29) is 17.3 Å². The molecule has 0 unspecified atom stereocenters. The van der Waals surface area contributed by atoms with E-state index in [2.05, 4.69) is 5.32 Å². The van der Waals surface area contributed by atoms with Crippen molar-refractivity contribution in [1.29, 1.82) is 0 Å². The van der Waals surface area contributed by atoms with Gasteiger partial charge in [-0.25, -0.2) is 0 Å². The smallest absolute Gasteiger partial charge is 0.293 e. The maximum absolute atomic E-state index is 10.9. The molecule has 5 nitrogen and oxygen atoms in total. The number of nitro benzene ring substituents is 1. The van der Waals surface area contributed by atoms with Crippen molar-refractivity contribution in [2.45, 2.75) is 6.92 Å². The van der Waals surface area contributed by atoms with Crippen molar-refractivity contribution in [1.82, 2.24) is 0 Å². The van der Waals surface area contributed by atoms with Gasteiger partial charge in [-0.05, 0) is 11.6 Å². The zero-order valence-electron chi connectivity index (χ0n) is 9.14. The van der Waals surface area contributed by atoms with Crippen LogP contribution in [0.2, 0.25) is 0 Å². The minimum absolute atomic E-state index is 0.142. The molecule has 0 fully saturated rings. The first-order chi connectivity index (χ1) is 8.04. The van der Waals surface area contributed by atoms with Gasteiger partial charge in [0, 0.05) is 18.9 Å². The van der Waals surface area contributed by atoms with E-state index in [0.717, 1.165) is 0 Å². The van der Waals surface area contributed by atoms with Crippen LogP contribution in [0.25, 0.3) is 6.08 Å². The number of halogens is 1. The van der Waals surface area contributed by atoms with E-state index in [1.165, 1.54) is 19.1 Å². The Morgan fingerprint density at radius 1 is 1.59 bits per heavy atom.